The van der Waals surface area contributed by atoms with E-state index in [1.165, 1.54) is 19.3 Å². The molecule has 0 bridgehead atoms. The Morgan fingerprint density at radius 2 is 1.87 bits per heavy atom. The van der Waals surface area contributed by atoms with Crippen LogP contribution in [0.25, 0.3) is 11.3 Å². The molecule has 2 heterocycles. The van der Waals surface area contributed by atoms with E-state index in [0.717, 1.165) is 48.2 Å². The first-order valence-corrected chi connectivity index (χ1v) is 10.1. The second-order valence-electron chi connectivity index (χ2n) is 7.35. The first kappa shape index (κ1) is 28.4. The number of aryl methyl sites for hydroxylation is 3. The summed E-state index contributed by atoms with van der Waals surface area (Å²) in [5.74, 6) is 1.77. The highest BCUT2D eigenvalue weighted by Gasteiger charge is 2.14. The Kier molecular flexibility index (Phi) is 13.6. The van der Waals surface area contributed by atoms with Crippen LogP contribution in [0, 0.1) is 12.8 Å². The maximum atomic E-state index is 11.5. The van der Waals surface area contributed by atoms with Crippen molar-refractivity contribution in [2.75, 3.05) is 19.7 Å². The molecule has 1 fully saturated rings. The Morgan fingerprint density at radius 3 is 2.50 bits per heavy atom. The molecular formula is C22H35Cl2N3O3. The monoisotopic (exact) mass is 459 g/mol. The Morgan fingerprint density at radius 1 is 1.20 bits per heavy atom. The summed E-state index contributed by atoms with van der Waals surface area (Å²) in [5, 5.41) is 3.43. The van der Waals surface area contributed by atoms with Gasteiger partial charge in [-0.05, 0) is 64.1 Å². The summed E-state index contributed by atoms with van der Waals surface area (Å²) in [6.45, 7) is 7.71. The fourth-order valence-corrected chi connectivity index (χ4v) is 3.69. The quantitative estimate of drug-likeness (QED) is 0.608. The van der Waals surface area contributed by atoms with Crippen molar-refractivity contribution in [2.24, 2.45) is 5.92 Å². The van der Waals surface area contributed by atoms with E-state index in [0.29, 0.717) is 19.4 Å². The fraction of sp³-hybridized carbons (Fsp3) is 0.545. The van der Waals surface area contributed by atoms with Crippen molar-refractivity contribution in [2.45, 2.75) is 52.5 Å². The van der Waals surface area contributed by atoms with E-state index in [-0.39, 0.29) is 36.3 Å². The van der Waals surface area contributed by atoms with Crippen molar-refractivity contribution < 1.29 is 15.0 Å². The highest BCUT2D eigenvalue weighted by atomic mass is 35.5. The molecule has 3 rings (SSSR count). The highest BCUT2D eigenvalue weighted by molar-refractivity contribution is 5.85. The van der Waals surface area contributed by atoms with Gasteiger partial charge in [-0.25, -0.2) is 4.98 Å². The number of benzene rings is 1. The first-order chi connectivity index (χ1) is 13.2. The van der Waals surface area contributed by atoms with Crippen LogP contribution in [0.15, 0.2) is 30.5 Å². The third-order valence-electron chi connectivity index (χ3n) is 5.39. The summed E-state index contributed by atoms with van der Waals surface area (Å²) >= 11 is 0. The van der Waals surface area contributed by atoms with Gasteiger partial charge < -0.3 is 20.1 Å². The van der Waals surface area contributed by atoms with Crippen LogP contribution in [-0.2, 0) is 22.5 Å². The van der Waals surface area contributed by atoms with Crippen molar-refractivity contribution in [3.05, 3.63) is 41.9 Å². The van der Waals surface area contributed by atoms with E-state index in [2.05, 4.69) is 47.3 Å². The van der Waals surface area contributed by atoms with Crippen LogP contribution >= 0.6 is 24.8 Å². The number of nitrogens with one attached hydrogen (secondary N) is 1. The van der Waals surface area contributed by atoms with E-state index >= 15 is 0 Å². The molecule has 1 aliphatic rings. The van der Waals surface area contributed by atoms with Crippen molar-refractivity contribution in [1.29, 1.82) is 0 Å². The zero-order chi connectivity index (χ0) is 19.1. The molecule has 8 heteroatoms. The summed E-state index contributed by atoms with van der Waals surface area (Å²) in [4.78, 5) is 16.2. The predicted molar refractivity (Wildman–Crippen MR) is 126 cm³/mol. The van der Waals surface area contributed by atoms with E-state index in [9.17, 15) is 4.79 Å². The molecule has 1 saturated heterocycles. The smallest absolute Gasteiger partial charge is 0.306 e. The van der Waals surface area contributed by atoms with Gasteiger partial charge in [0.25, 0.3) is 0 Å². The number of rotatable bonds is 8. The molecule has 1 aliphatic heterocycles. The van der Waals surface area contributed by atoms with E-state index in [4.69, 9.17) is 9.72 Å². The van der Waals surface area contributed by atoms with Crippen molar-refractivity contribution in [1.82, 2.24) is 14.9 Å². The normalized spacial score (nSPS) is 13.5. The third-order valence-corrected chi connectivity index (χ3v) is 5.39. The molecule has 170 valence electrons. The topological polar surface area (TPSA) is 87.7 Å². The van der Waals surface area contributed by atoms with Gasteiger partial charge in [-0.2, -0.15) is 0 Å². The number of hydrogen-bond acceptors (Lipinski definition) is 4. The lowest BCUT2D eigenvalue weighted by Crippen LogP contribution is -2.28. The van der Waals surface area contributed by atoms with Crippen LogP contribution in [0.5, 0.6) is 0 Å². The molecule has 3 N–H and O–H groups in total. The minimum Gasteiger partial charge on any atom is -0.466 e. The van der Waals surface area contributed by atoms with Crippen LogP contribution < -0.4 is 5.32 Å². The Balaban J connectivity index is 0.00000280. The predicted octanol–water partition coefficient (Wildman–Crippen LogP) is 3.76. The molecule has 0 radical (unpaired) electrons. The first-order valence-electron chi connectivity index (χ1n) is 10.1. The number of nitrogens with zero attached hydrogens (tertiary/aromatic N) is 2. The fourth-order valence-electron chi connectivity index (χ4n) is 3.69. The minimum atomic E-state index is -0.135. The highest BCUT2D eigenvalue weighted by Crippen LogP contribution is 2.22. The van der Waals surface area contributed by atoms with Gasteiger partial charge in [0.05, 0.1) is 12.3 Å². The number of piperidine rings is 1. The molecule has 0 amide bonds. The van der Waals surface area contributed by atoms with E-state index < -0.39 is 0 Å². The van der Waals surface area contributed by atoms with Gasteiger partial charge in [0.2, 0.25) is 0 Å². The second kappa shape index (κ2) is 14.4. The molecule has 1 aromatic heterocycles. The zero-order valence-electron chi connectivity index (χ0n) is 17.9. The summed E-state index contributed by atoms with van der Waals surface area (Å²) < 4.78 is 7.27. The second-order valence-corrected chi connectivity index (χ2v) is 7.35. The van der Waals surface area contributed by atoms with Gasteiger partial charge in [-0.1, -0.05) is 24.3 Å². The molecule has 0 unspecified atom stereocenters. The van der Waals surface area contributed by atoms with Crippen molar-refractivity contribution >= 4 is 30.8 Å². The van der Waals surface area contributed by atoms with Crippen LogP contribution in [0.2, 0.25) is 0 Å². The van der Waals surface area contributed by atoms with Gasteiger partial charge >= 0.3 is 5.97 Å². The number of carbonyl (C=O) groups is 1. The average molecular weight is 460 g/mol. The largest absolute Gasteiger partial charge is 0.466 e. The van der Waals surface area contributed by atoms with Crippen LogP contribution in [0.1, 0.15) is 44.0 Å². The van der Waals surface area contributed by atoms with Gasteiger partial charge in [-0.3, -0.25) is 4.79 Å². The van der Waals surface area contributed by atoms with Crippen molar-refractivity contribution in [3.8, 4) is 11.3 Å². The maximum absolute atomic E-state index is 11.5. The zero-order valence-corrected chi connectivity index (χ0v) is 19.5. The summed E-state index contributed by atoms with van der Waals surface area (Å²) in [6, 6.07) is 8.36. The summed E-state index contributed by atoms with van der Waals surface area (Å²) in [6.07, 6.45) is 7.11. The molecule has 30 heavy (non-hydrogen) atoms. The summed E-state index contributed by atoms with van der Waals surface area (Å²) in [7, 11) is 0. The molecule has 2 aromatic rings. The lowest BCUT2D eigenvalue weighted by atomic mass is 9.95. The standard InChI is InChI=1S/C22H31N3O2.2ClH.H2O/c1-3-27-22(26)9-6-18-4-7-20(8-5-18)21-16-25(17(2)24-21)15-12-19-10-13-23-14-11-19;;;/h4-5,7-8,16,19,23H,3,6,9-15H2,1-2H3;2*1H;1H2. The number of esters is 1. The Bertz CT molecular complexity index is 745. The maximum Gasteiger partial charge on any atom is 0.306 e. The molecule has 6 nitrogen and oxygen atoms in total. The summed E-state index contributed by atoms with van der Waals surface area (Å²) in [5.41, 5.74) is 3.29. The SMILES string of the molecule is CCOC(=O)CCc1ccc(-c2cn(CCC3CCNCC3)c(C)n2)cc1.Cl.Cl.O. The molecule has 0 saturated carbocycles. The molecular weight excluding hydrogens is 425 g/mol. The van der Waals surface area contributed by atoms with Gasteiger partial charge in [0.1, 0.15) is 5.82 Å². The number of hydrogen-bond donors (Lipinski definition) is 1. The average Bonchev–Trinajstić information content (AvgIpc) is 3.07. The van der Waals surface area contributed by atoms with Crippen LogP contribution in [0.4, 0.5) is 0 Å². The van der Waals surface area contributed by atoms with E-state index in [1.807, 2.05) is 6.92 Å². The van der Waals surface area contributed by atoms with Gasteiger partial charge in [-0.15, -0.1) is 24.8 Å². The Hall–Kier alpha value is -1.60. The number of ether oxygens (including phenoxy) is 1. The molecule has 1 aromatic carbocycles. The van der Waals surface area contributed by atoms with Crippen LogP contribution in [0.3, 0.4) is 0 Å². The molecule has 0 atom stereocenters. The van der Waals surface area contributed by atoms with Crippen molar-refractivity contribution in [3.63, 3.8) is 0 Å². The number of carbonyl (C=O) groups excluding carboxylic acids is 1. The number of imidazole rings is 1. The van der Waals surface area contributed by atoms with E-state index in [1.54, 1.807) is 0 Å². The molecule has 0 aliphatic carbocycles. The number of aromatic nitrogens is 2. The molecule has 0 spiro atoms. The Labute approximate surface area is 191 Å². The van der Waals surface area contributed by atoms with Gasteiger partial charge in [0, 0.05) is 24.7 Å². The van der Waals surface area contributed by atoms with Crippen LogP contribution in [-0.4, -0.2) is 40.7 Å². The lowest BCUT2D eigenvalue weighted by Gasteiger charge is -2.22. The number of halogens is 2. The minimum absolute atomic E-state index is 0. The lowest BCUT2D eigenvalue weighted by molar-refractivity contribution is -0.143. The van der Waals surface area contributed by atoms with Gasteiger partial charge in [0.15, 0.2) is 0 Å². The third kappa shape index (κ3) is 8.26.